The van der Waals surface area contributed by atoms with Crippen molar-refractivity contribution in [2.75, 3.05) is 26.3 Å². The predicted molar refractivity (Wildman–Crippen MR) is 64.6 cm³/mol. The molecule has 1 N–H and O–H groups in total. The van der Waals surface area contributed by atoms with Crippen LogP contribution < -0.4 is 5.32 Å². The summed E-state index contributed by atoms with van der Waals surface area (Å²) in [6, 6.07) is 0. The van der Waals surface area contributed by atoms with Crippen molar-refractivity contribution in [3.05, 3.63) is 0 Å². The van der Waals surface area contributed by atoms with E-state index in [0.29, 0.717) is 11.5 Å². The van der Waals surface area contributed by atoms with Gasteiger partial charge in [0, 0.05) is 18.5 Å². The molecule has 0 aromatic heterocycles. The van der Waals surface area contributed by atoms with Gasteiger partial charge in [-0.2, -0.15) is 0 Å². The Morgan fingerprint density at radius 1 is 1.38 bits per heavy atom. The quantitative estimate of drug-likeness (QED) is 0.799. The molecule has 0 bridgehead atoms. The minimum absolute atomic E-state index is 0.238. The molecule has 3 nitrogen and oxygen atoms in total. The van der Waals surface area contributed by atoms with Gasteiger partial charge < -0.3 is 14.8 Å². The summed E-state index contributed by atoms with van der Waals surface area (Å²) >= 11 is 0. The fourth-order valence-corrected chi connectivity index (χ4v) is 2.76. The maximum atomic E-state index is 6.00. The zero-order valence-electron chi connectivity index (χ0n) is 10.6. The summed E-state index contributed by atoms with van der Waals surface area (Å²) < 4.78 is 11.6. The Hall–Kier alpha value is -0.120. The average Bonchev–Trinajstić information content (AvgIpc) is 2.60. The normalized spacial score (nSPS) is 29.8. The fraction of sp³-hybridized carbons (Fsp3) is 1.00. The molecule has 0 amide bonds. The van der Waals surface area contributed by atoms with E-state index in [2.05, 4.69) is 19.2 Å². The molecule has 0 aromatic carbocycles. The van der Waals surface area contributed by atoms with Crippen molar-refractivity contribution in [3.63, 3.8) is 0 Å². The third-order valence-corrected chi connectivity index (χ3v) is 3.78. The van der Waals surface area contributed by atoms with E-state index >= 15 is 0 Å². The first-order valence-corrected chi connectivity index (χ1v) is 6.64. The molecule has 3 heteroatoms. The van der Waals surface area contributed by atoms with E-state index in [9.17, 15) is 0 Å². The Balaban J connectivity index is 1.78. The summed E-state index contributed by atoms with van der Waals surface area (Å²) in [5.74, 6) is 0. The molecule has 1 saturated carbocycles. The molecule has 2 aliphatic rings. The van der Waals surface area contributed by atoms with Crippen LogP contribution in [0.15, 0.2) is 0 Å². The molecular formula is C13H25NO2. The van der Waals surface area contributed by atoms with Gasteiger partial charge in [-0.1, -0.05) is 12.8 Å². The minimum atomic E-state index is 0.238. The Morgan fingerprint density at radius 2 is 2.12 bits per heavy atom. The Morgan fingerprint density at radius 3 is 2.81 bits per heavy atom. The zero-order chi connectivity index (χ0) is 11.4. The van der Waals surface area contributed by atoms with E-state index in [1.54, 1.807) is 0 Å². The lowest BCUT2D eigenvalue weighted by atomic mass is 9.87. The second-order valence-corrected chi connectivity index (χ2v) is 5.65. The molecule has 1 unspecified atom stereocenters. The molecule has 1 aliphatic carbocycles. The van der Waals surface area contributed by atoms with Crippen LogP contribution in [0.4, 0.5) is 0 Å². The molecule has 1 aliphatic heterocycles. The van der Waals surface area contributed by atoms with Gasteiger partial charge in [0.15, 0.2) is 0 Å². The Kier molecular flexibility index (Phi) is 4.22. The summed E-state index contributed by atoms with van der Waals surface area (Å²) in [4.78, 5) is 0. The number of nitrogens with one attached hydrogen (secondary N) is 1. The van der Waals surface area contributed by atoms with Crippen LogP contribution in [-0.2, 0) is 9.47 Å². The van der Waals surface area contributed by atoms with Crippen LogP contribution in [0.5, 0.6) is 0 Å². The molecule has 1 atom stereocenters. The Bertz CT molecular complexity index is 212. The van der Waals surface area contributed by atoms with Gasteiger partial charge in [0.25, 0.3) is 0 Å². The van der Waals surface area contributed by atoms with Crippen molar-refractivity contribution >= 4 is 0 Å². The standard InChI is InChI=1S/C13H25NO2/c1-11(2)15-8-12-7-14-9-13(10-16-12)5-3-4-6-13/h11-12,14H,3-10H2,1-2H3. The third-order valence-electron chi connectivity index (χ3n) is 3.78. The van der Waals surface area contributed by atoms with E-state index in [-0.39, 0.29) is 6.10 Å². The maximum Gasteiger partial charge on any atom is 0.0932 e. The summed E-state index contributed by atoms with van der Waals surface area (Å²) in [6.45, 7) is 7.86. The molecule has 1 spiro atoms. The molecule has 0 aromatic rings. The number of hydrogen-bond acceptors (Lipinski definition) is 3. The van der Waals surface area contributed by atoms with Gasteiger partial charge in [-0.05, 0) is 26.7 Å². The van der Waals surface area contributed by atoms with Crippen molar-refractivity contribution < 1.29 is 9.47 Å². The van der Waals surface area contributed by atoms with Gasteiger partial charge in [-0.3, -0.25) is 0 Å². The van der Waals surface area contributed by atoms with Crippen LogP contribution in [0, 0.1) is 5.41 Å². The first kappa shape index (κ1) is 12.3. The molecule has 0 radical (unpaired) electrons. The summed E-state index contributed by atoms with van der Waals surface area (Å²) in [5, 5.41) is 3.55. The van der Waals surface area contributed by atoms with Crippen LogP contribution in [0.3, 0.4) is 0 Å². The summed E-state index contributed by atoms with van der Waals surface area (Å²) in [5.41, 5.74) is 0.437. The van der Waals surface area contributed by atoms with E-state index in [4.69, 9.17) is 9.47 Å². The lowest BCUT2D eigenvalue weighted by Crippen LogP contribution is -2.33. The van der Waals surface area contributed by atoms with Gasteiger partial charge in [0.1, 0.15) is 0 Å². The Labute approximate surface area is 98.9 Å². The van der Waals surface area contributed by atoms with Crippen molar-refractivity contribution in [3.8, 4) is 0 Å². The summed E-state index contributed by atoms with van der Waals surface area (Å²) in [7, 11) is 0. The van der Waals surface area contributed by atoms with E-state index in [1.165, 1.54) is 25.7 Å². The van der Waals surface area contributed by atoms with E-state index < -0.39 is 0 Å². The van der Waals surface area contributed by atoms with Crippen molar-refractivity contribution in [2.45, 2.75) is 51.7 Å². The number of rotatable bonds is 3. The first-order valence-electron chi connectivity index (χ1n) is 6.64. The van der Waals surface area contributed by atoms with Gasteiger partial charge >= 0.3 is 0 Å². The second-order valence-electron chi connectivity index (χ2n) is 5.65. The highest BCUT2D eigenvalue weighted by Crippen LogP contribution is 2.38. The average molecular weight is 227 g/mol. The lowest BCUT2D eigenvalue weighted by molar-refractivity contribution is -0.0463. The third kappa shape index (κ3) is 3.19. The monoisotopic (exact) mass is 227 g/mol. The second kappa shape index (κ2) is 5.48. The topological polar surface area (TPSA) is 30.5 Å². The SMILES string of the molecule is CC(C)OCC1CNCC2(CCCC2)CO1. The van der Waals surface area contributed by atoms with Gasteiger partial charge in [-0.25, -0.2) is 0 Å². The number of ether oxygens (including phenoxy) is 2. The maximum absolute atomic E-state index is 6.00. The van der Waals surface area contributed by atoms with Gasteiger partial charge in [0.05, 0.1) is 25.4 Å². The first-order chi connectivity index (χ1) is 7.70. The van der Waals surface area contributed by atoms with Crippen LogP contribution >= 0.6 is 0 Å². The molecule has 1 heterocycles. The highest BCUT2D eigenvalue weighted by molar-refractivity contribution is 4.89. The van der Waals surface area contributed by atoms with Crippen LogP contribution in [0.2, 0.25) is 0 Å². The fourth-order valence-electron chi connectivity index (χ4n) is 2.76. The van der Waals surface area contributed by atoms with E-state index in [1.807, 2.05) is 0 Å². The van der Waals surface area contributed by atoms with Crippen LogP contribution in [-0.4, -0.2) is 38.5 Å². The van der Waals surface area contributed by atoms with Gasteiger partial charge in [-0.15, -0.1) is 0 Å². The van der Waals surface area contributed by atoms with Crippen molar-refractivity contribution in [1.29, 1.82) is 0 Å². The van der Waals surface area contributed by atoms with Gasteiger partial charge in [0.2, 0.25) is 0 Å². The molecule has 94 valence electrons. The highest BCUT2D eigenvalue weighted by Gasteiger charge is 2.36. The number of hydrogen-bond donors (Lipinski definition) is 1. The minimum Gasteiger partial charge on any atom is -0.376 e. The largest absolute Gasteiger partial charge is 0.376 e. The van der Waals surface area contributed by atoms with E-state index in [0.717, 1.165) is 26.3 Å². The predicted octanol–water partition coefficient (Wildman–Crippen LogP) is 1.96. The van der Waals surface area contributed by atoms with Crippen LogP contribution in [0.25, 0.3) is 0 Å². The molecule has 16 heavy (non-hydrogen) atoms. The van der Waals surface area contributed by atoms with Crippen molar-refractivity contribution in [2.24, 2.45) is 5.41 Å². The molecule has 1 saturated heterocycles. The van der Waals surface area contributed by atoms with Crippen LogP contribution in [0.1, 0.15) is 39.5 Å². The van der Waals surface area contributed by atoms with Crippen molar-refractivity contribution in [1.82, 2.24) is 5.32 Å². The molecule has 2 fully saturated rings. The summed E-state index contributed by atoms with van der Waals surface area (Å²) in [6.07, 6.45) is 5.95. The zero-order valence-corrected chi connectivity index (χ0v) is 10.6. The highest BCUT2D eigenvalue weighted by atomic mass is 16.5. The molecule has 2 rings (SSSR count). The smallest absolute Gasteiger partial charge is 0.0932 e. The molecular weight excluding hydrogens is 202 g/mol. The lowest BCUT2D eigenvalue weighted by Gasteiger charge is -2.26.